The van der Waals surface area contributed by atoms with Crippen molar-refractivity contribution in [1.29, 1.82) is 5.26 Å². The molecule has 34 heavy (non-hydrogen) atoms. The van der Waals surface area contributed by atoms with Gasteiger partial charge in [-0.05, 0) is 18.6 Å². The summed E-state index contributed by atoms with van der Waals surface area (Å²) in [6.45, 7) is 1.13. The van der Waals surface area contributed by atoms with E-state index in [4.69, 9.17) is 10.00 Å². The minimum atomic E-state index is -0.489. The van der Waals surface area contributed by atoms with Gasteiger partial charge in [0.05, 0.1) is 30.6 Å². The molecule has 3 aromatic heterocycles. The monoisotopic (exact) mass is 459 g/mol. The van der Waals surface area contributed by atoms with Crippen molar-refractivity contribution in [2.45, 2.75) is 12.5 Å². The van der Waals surface area contributed by atoms with Crippen molar-refractivity contribution in [2.24, 2.45) is 7.05 Å². The zero-order valence-corrected chi connectivity index (χ0v) is 18.7. The molecule has 4 aromatic rings. The summed E-state index contributed by atoms with van der Waals surface area (Å²) >= 11 is 0. The highest BCUT2D eigenvalue weighted by Crippen LogP contribution is 2.37. The topological polar surface area (TPSA) is 100 Å². The largest absolute Gasteiger partial charge is 0.493 e. The number of methoxy groups -OCH3 is 1. The molecule has 0 spiro atoms. The van der Waals surface area contributed by atoms with E-state index in [1.807, 2.05) is 0 Å². The standard InChI is InChI=1S/C24H22FN7O2/c1-30-11-16(9-27-30)19-5-4-18(22(25)23(19)34-2)15-3-6-21-20(10-28-32(21)12-15)24(33)29-17-7-8-31(13-17)14-26/h3-6,9-12,17H,7-8,13H2,1-2H3,(H,29,33)/t17-/m1/s1. The number of hydrogen-bond acceptors (Lipinski definition) is 6. The van der Waals surface area contributed by atoms with Gasteiger partial charge in [-0.1, -0.05) is 12.1 Å². The van der Waals surface area contributed by atoms with Crippen LogP contribution in [0.4, 0.5) is 4.39 Å². The molecule has 0 aliphatic carbocycles. The average molecular weight is 459 g/mol. The molecule has 1 amide bonds. The second-order valence-corrected chi connectivity index (χ2v) is 8.22. The third-order valence-corrected chi connectivity index (χ3v) is 6.05. The van der Waals surface area contributed by atoms with E-state index in [0.29, 0.717) is 40.9 Å². The van der Waals surface area contributed by atoms with Crippen LogP contribution in [0.5, 0.6) is 5.75 Å². The Morgan fingerprint density at radius 3 is 2.71 bits per heavy atom. The Labute approximate surface area is 195 Å². The minimum Gasteiger partial charge on any atom is -0.493 e. The summed E-state index contributed by atoms with van der Waals surface area (Å²) in [6, 6.07) is 6.91. The number of likely N-dealkylation sites (tertiary alicyclic amines) is 1. The quantitative estimate of drug-likeness (QED) is 0.461. The number of nitrogens with zero attached hydrogens (tertiary/aromatic N) is 6. The van der Waals surface area contributed by atoms with Gasteiger partial charge in [-0.15, -0.1) is 0 Å². The van der Waals surface area contributed by atoms with Crippen LogP contribution in [0.1, 0.15) is 16.8 Å². The Hall–Kier alpha value is -4.39. The smallest absolute Gasteiger partial charge is 0.255 e. The van der Waals surface area contributed by atoms with Crippen LogP contribution in [0.2, 0.25) is 0 Å². The first-order chi connectivity index (χ1) is 16.5. The summed E-state index contributed by atoms with van der Waals surface area (Å²) in [5.41, 5.74) is 3.34. The summed E-state index contributed by atoms with van der Waals surface area (Å²) in [5, 5.41) is 20.4. The van der Waals surface area contributed by atoms with E-state index in [2.05, 4.69) is 21.7 Å². The molecule has 0 saturated carbocycles. The molecular formula is C24H22FN7O2. The van der Waals surface area contributed by atoms with Crippen LogP contribution in [-0.4, -0.2) is 56.4 Å². The molecule has 1 saturated heterocycles. The number of pyridine rings is 1. The number of nitrogens with one attached hydrogen (secondary N) is 1. The van der Waals surface area contributed by atoms with Crippen LogP contribution >= 0.6 is 0 Å². The normalized spacial score (nSPS) is 15.5. The lowest BCUT2D eigenvalue weighted by atomic mass is 10.0. The average Bonchev–Trinajstić information content (AvgIpc) is 3.57. The Balaban J connectivity index is 1.44. The molecule has 9 nitrogen and oxygen atoms in total. The van der Waals surface area contributed by atoms with Gasteiger partial charge in [-0.3, -0.25) is 9.48 Å². The molecule has 10 heteroatoms. The summed E-state index contributed by atoms with van der Waals surface area (Å²) < 4.78 is 24.1. The lowest BCUT2D eigenvalue weighted by molar-refractivity contribution is 0.0940. The molecule has 5 rings (SSSR count). The van der Waals surface area contributed by atoms with Crippen molar-refractivity contribution >= 4 is 11.4 Å². The zero-order valence-electron chi connectivity index (χ0n) is 18.7. The predicted octanol–water partition coefficient (Wildman–Crippen LogP) is 2.83. The predicted molar refractivity (Wildman–Crippen MR) is 122 cm³/mol. The van der Waals surface area contributed by atoms with Crippen LogP contribution in [0.25, 0.3) is 27.8 Å². The maximum atomic E-state index is 15.5. The third-order valence-electron chi connectivity index (χ3n) is 6.05. The molecule has 1 atom stereocenters. The highest BCUT2D eigenvalue weighted by Gasteiger charge is 2.25. The van der Waals surface area contributed by atoms with E-state index in [1.54, 1.807) is 64.0 Å². The molecule has 1 N–H and O–H groups in total. The summed E-state index contributed by atoms with van der Waals surface area (Å²) in [6.07, 6.45) is 9.45. The fraction of sp³-hybridized carbons (Fsp3) is 0.250. The first kappa shape index (κ1) is 21.5. The molecule has 1 fully saturated rings. The van der Waals surface area contributed by atoms with E-state index in [1.165, 1.54) is 13.3 Å². The number of carbonyl (C=O) groups excluding carboxylic acids is 1. The van der Waals surface area contributed by atoms with E-state index >= 15 is 4.39 Å². The lowest BCUT2D eigenvalue weighted by Crippen LogP contribution is -2.36. The van der Waals surface area contributed by atoms with Gasteiger partial charge in [-0.25, -0.2) is 8.91 Å². The van der Waals surface area contributed by atoms with E-state index in [-0.39, 0.29) is 17.7 Å². The number of halogens is 1. The highest BCUT2D eigenvalue weighted by atomic mass is 19.1. The van der Waals surface area contributed by atoms with Gasteiger partial charge in [0.1, 0.15) is 0 Å². The third kappa shape index (κ3) is 3.71. The first-order valence-corrected chi connectivity index (χ1v) is 10.8. The number of ether oxygens (including phenoxy) is 1. The number of aryl methyl sites for hydroxylation is 1. The fourth-order valence-electron chi connectivity index (χ4n) is 4.32. The van der Waals surface area contributed by atoms with Crippen molar-refractivity contribution in [3.05, 3.63) is 60.4 Å². The number of aromatic nitrogens is 4. The van der Waals surface area contributed by atoms with Gasteiger partial charge >= 0.3 is 0 Å². The summed E-state index contributed by atoms with van der Waals surface area (Å²) in [4.78, 5) is 14.4. The van der Waals surface area contributed by atoms with Crippen molar-refractivity contribution < 1.29 is 13.9 Å². The second kappa shape index (κ2) is 8.51. The van der Waals surface area contributed by atoms with Crippen LogP contribution < -0.4 is 10.1 Å². The van der Waals surface area contributed by atoms with Crippen LogP contribution in [0.3, 0.4) is 0 Å². The summed E-state index contributed by atoms with van der Waals surface area (Å²) in [7, 11) is 3.23. The number of carbonyl (C=O) groups is 1. The number of rotatable bonds is 5. The van der Waals surface area contributed by atoms with Gasteiger partial charge in [-0.2, -0.15) is 15.5 Å². The van der Waals surface area contributed by atoms with Gasteiger partial charge in [0.15, 0.2) is 17.8 Å². The summed E-state index contributed by atoms with van der Waals surface area (Å²) in [5.74, 6) is -0.605. The maximum absolute atomic E-state index is 15.5. The Morgan fingerprint density at radius 1 is 1.18 bits per heavy atom. The SMILES string of the molecule is COc1c(-c2cnn(C)c2)ccc(-c2ccc3c(C(=O)N[C@@H]4CCN(C#N)C4)cnn3c2)c1F. The number of nitriles is 1. The minimum absolute atomic E-state index is 0.0822. The number of amides is 1. The highest BCUT2D eigenvalue weighted by molar-refractivity contribution is 6.01. The van der Waals surface area contributed by atoms with Crippen molar-refractivity contribution in [3.8, 4) is 34.2 Å². The first-order valence-electron chi connectivity index (χ1n) is 10.8. The van der Waals surface area contributed by atoms with Crippen molar-refractivity contribution in [3.63, 3.8) is 0 Å². The molecule has 1 aliphatic rings. The number of hydrogen-bond donors (Lipinski definition) is 1. The van der Waals surface area contributed by atoms with Crippen LogP contribution in [0.15, 0.2) is 49.1 Å². The fourth-order valence-corrected chi connectivity index (χ4v) is 4.32. The number of benzene rings is 1. The molecule has 1 aliphatic heterocycles. The van der Waals surface area contributed by atoms with E-state index in [9.17, 15) is 4.79 Å². The molecule has 0 radical (unpaired) electrons. The van der Waals surface area contributed by atoms with Gasteiger partial charge in [0.25, 0.3) is 5.91 Å². The van der Waals surface area contributed by atoms with Gasteiger partial charge in [0, 0.05) is 60.8 Å². The maximum Gasteiger partial charge on any atom is 0.255 e. The molecule has 4 heterocycles. The van der Waals surface area contributed by atoms with Crippen molar-refractivity contribution in [2.75, 3.05) is 20.2 Å². The molecule has 172 valence electrons. The Kier molecular flexibility index (Phi) is 5.37. The molecule has 1 aromatic carbocycles. The van der Waals surface area contributed by atoms with Crippen molar-refractivity contribution in [1.82, 2.24) is 29.6 Å². The second-order valence-electron chi connectivity index (χ2n) is 8.22. The van der Waals surface area contributed by atoms with Crippen LogP contribution in [-0.2, 0) is 7.05 Å². The number of fused-ring (bicyclic) bond motifs is 1. The molecule has 0 bridgehead atoms. The van der Waals surface area contributed by atoms with Gasteiger partial charge in [0.2, 0.25) is 0 Å². The lowest BCUT2D eigenvalue weighted by Gasteiger charge is -2.13. The van der Waals surface area contributed by atoms with Gasteiger partial charge < -0.3 is 15.0 Å². The molecular weight excluding hydrogens is 437 g/mol. The Morgan fingerprint density at radius 2 is 2.00 bits per heavy atom. The zero-order chi connectivity index (χ0) is 23.8. The van der Waals surface area contributed by atoms with Crippen LogP contribution in [0, 0.1) is 17.3 Å². The van der Waals surface area contributed by atoms with E-state index < -0.39 is 5.82 Å². The Bertz CT molecular complexity index is 1440. The molecule has 0 unspecified atom stereocenters. The van der Waals surface area contributed by atoms with E-state index in [0.717, 1.165) is 12.0 Å².